The van der Waals surface area contributed by atoms with Crippen molar-refractivity contribution < 1.29 is 4.79 Å². The van der Waals surface area contributed by atoms with E-state index in [0.717, 1.165) is 42.6 Å². The van der Waals surface area contributed by atoms with E-state index in [-0.39, 0.29) is 5.91 Å². The summed E-state index contributed by atoms with van der Waals surface area (Å²) in [5.41, 5.74) is 2.34. The molecule has 0 radical (unpaired) electrons. The molecule has 1 aliphatic heterocycles. The molecule has 7 heteroatoms. The fourth-order valence-corrected chi connectivity index (χ4v) is 3.85. The molecule has 0 fully saturated rings. The normalized spacial score (nSPS) is 13.6. The van der Waals surface area contributed by atoms with Crippen LogP contribution in [0.3, 0.4) is 0 Å². The Morgan fingerprint density at radius 3 is 2.96 bits per heavy atom. The van der Waals surface area contributed by atoms with E-state index in [1.165, 1.54) is 10.4 Å². The number of rotatable bonds is 7. The standard InChI is InChI=1S/C20H27N5OS/c1-3-21-20(24-14-18-23-13-15(2)27-18)22-11-6-9-19(26)25-12-10-16-7-4-5-8-17(16)25/h4-5,7-8,13H,3,6,9-12,14H2,1-2H3,(H2,21,22,24). The van der Waals surface area contributed by atoms with Crippen molar-refractivity contribution in [3.8, 4) is 0 Å². The molecule has 1 aromatic heterocycles. The van der Waals surface area contributed by atoms with Crippen molar-refractivity contribution in [1.82, 2.24) is 15.6 Å². The minimum atomic E-state index is 0.196. The number of amides is 1. The van der Waals surface area contributed by atoms with E-state index >= 15 is 0 Å². The number of anilines is 1. The summed E-state index contributed by atoms with van der Waals surface area (Å²) < 4.78 is 0. The van der Waals surface area contributed by atoms with E-state index < -0.39 is 0 Å². The molecular formula is C20H27N5OS. The first-order chi connectivity index (χ1) is 13.2. The molecule has 2 N–H and O–H groups in total. The van der Waals surface area contributed by atoms with Gasteiger partial charge in [-0.1, -0.05) is 18.2 Å². The van der Waals surface area contributed by atoms with Gasteiger partial charge < -0.3 is 15.5 Å². The van der Waals surface area contributed by atoms with Gasteiger partial charge in [-0.3, -0.25) is 4.79 Å². The zero-order chi connectivity index (χ0) is 19.1. The smallest absolute Gasteiger partial charge is 0.227 e. The summed E-state index contributed by atoms with van der Waals surface area (Å²) in [5, 5.41) is 7.55. The Kier molecular flexibility index (Phi) is 6.81. The molecule has 0 spiro atoms. The molecule has 0 unspecified atom stereocenters. The number of benzene rings is 1. The number of para-hydroxylation sites is 1. The molecule has 1 amide bonds. The maximum absolute atomic E-state index is 12.5. The molecule has 1 aliphatic rings. The van der Waals surface area contributed by atoms with Crippen LogP contribution in [0.2, 0.25) is 0 Å². The molecule has 1 aromatic carbocycles. The lowest BCUT2D eigenvalue weighted by molar-refractivity contribution is -0.118. The number of fused-ring (bicyclic) bond motifs is 1. The number of aryl methyl sites for hydroxylation is 1. The maximum Gasteiger partial charge on any atom is 0.227 e. The molecule has 0 bridgehead atoms. The van der Waals surface area contributed by atoms with Crippen LogP contribution in [0.4, 0.5) is 5.69 Å². The summed E-state index contributed by atoms with van der Waals surface area (Å²) in [6.45, 7) is 6.96. The number of carbonyl (C=O) groups is 1. The number of nitrogens with zero attached hydrogens (tertiary/aromatic N) is 3. The highest BCUT2D eigenvalue weighted by atomic mass is 32.1. The van der Waals surface area contributed by atoms with E-state index in [1.54, 1.807) is 11.3 Å². The number of guanidine groups is 1. The average Bonchev–Trinajstić information content (AvgIpc) is 3.29. The largest absolute Gasteiger partial charge is 0.357 e. The number of hydrogen-bond acceptors (Lipinski definition) is 4. The van der Waals surface area contributed by atoms with Crippen LogP contribution in [-0.2, 0) is 17.8 Å². The van der Waals surface area contributed by atoms with Crippen LogP contribution in [0.15, 0.2) is 35.5 Å². The molecule has 0 saturated heterocycles. The van der Waals surface area contributed by atoms with Gasteiger partial charge in [-0.2, -0.15) is 0 Å². The topological polar surface area (TPSA) is 69.6 Å². The van der Waals surface area contributed by atoms with Crippen molar-refractivity contribution in [3.63, 3.8) is 0 Å². The highest BCUT2D eigenvalue weighted by molar-refractivity contribution is 7.11. The summed E-state index contributed by atoms with van der Waals surface area (Å²) >= 11 is 1.66. The van der Waals surface area contributed by atoms with E-state index in [9.17, 15) is 4.79 Å². The van der Waals surface area contributed by atoms with Crippen molar-refractivity contribution in [1.29, 1.82) is 0 Å². The molecule has 0 aliphatic carbocycles. The van der Waals surface area contributed by atoms with Crippen LogP contribution in [0.1, 0.15) is 35.2 Å². The van der Waals surface area contributed by atoms with Gasteiger partial charge in [0.1, 0.15) is 5.01 Å². The second-order valence-electron chi connectivity index (χ2n) is 6.51. The third-order valence-electron chi connectivity index (χ3n) is 4.43. The van der Waals surface area contributed by atoms with Crippen molar-refractivity contribution in [2.75, 3.05) is 24.5 Å². The summed E-state index contributed by atoms with van der Waals surface area (Å²) in [6.07, 6.45) is 4.14. The quantitative estimate of drug-likeness (QED) is 0.437. The van der Waals surface area contributed by atoms with Crippen molar-refractivity contribution >= 4 is 28.9 Å². The zero-order valence-electron chi connectivity index (χ0n) is 16.0. The van der Waals surface area contributed by atoms with Crippen molar-refractivity contribution in [2.45, 2.75) is 39.7 Å². The van der Waals surface area contributed by atoms with Crippen molar-refractivity contribution in [3.05, 3.63) is 45.9 Å². The molecule has 144 valence electrons. The zero-order valence-corrected chi connectivity index (χ0v) is 16.8. The monoisotopic (exact) mass is 385 g/mol. The summed E-state index contributed by atoms with van der Waals surface area (Å²) in [6, 6.07) is 8.17. The summed E-state index contributed by atoms with van der Waals surface area (Å²) in [5.74, 6) is 0.964. The van der Waals surface area contributed by atoms with E-state index in [2.05, 4.69) is 26.7 Å². The second-order valence-corrected chi connectivity index (χ2v) is 7.83. The summed E-state index contributed by atoms with van der Waals surface area (Å²) in [7, 11) is 0. The Labute approximate surface area is 164 Å². The predicted molar refractivity (Wildman–Crippen MR) is 111 cm³/mol. The lowest BCUT2D eigenvalue weighted by Crippen LogP contribution is -2.38. The molecule has 2 heterocycles. The first-order valence-electron chi connectivity index (χ1n) is 9.49. The Morgan fingerprint density at radius 2 is 2.19 bits per heavy atom. The van der Waals surface area contributed by atoms with Crippen LogP contribution in [0.5, 0.6) is 0 Å². The Balaban J connectivity index is 1.44. The van der Waals surface area contributed by atoms with Crippen LogP contribution in [0, 0.1) is 6.92 Å². The minimum absolute atomic E-state index is 0.196. The predicted octanol–water partition coefficient (Wildman–Crippen LogP) is 2.88. The van der Waals surface area contributed by atoms with Gasteiger partial charge in [0.05, 0.1) is 6.54 Å². The molecule has 6 nitrogen and oxygen atoms in total. The van der Waals surface area contributed by atoms with E-state index in [4.69, 9.17) is 0 Å². The minimum Gasteiger partial charge on any atom is -0.357 e. The molecular weight excluding hydrogens is 358 g/mol. The number of aromatic nitrogens is 1. The first-order valence-corrected chi connectivity index (χ1v) is 10.3. The SMILES string of the molecule is CCNC(=NCc1ncc(C)s1)NCCCC(=O)N1CCc2ccccc21. The van der Waals surface area contributed by atoms with Gasteiger partial charge in [-0.25, -0.2) is 9.98 Å². The lowest BCUT2D eigenvalue weighted by Gasteiger charge is -2.17. The van der Waals surface area contributed by atoms with Crippen molar-refractivity contribution in [2.24, 2.45) is 4.99 Å². The van der Waals surface area contributed by atoms with Crippen LogP contribution in [-0.4, -0.2) is 36.5 Å². The summed E-state index contributed by atoms with van der Waals surface area (Å²) in [4.78, 5) is 24.6. The van der Waals surface area contributed by atoms with Crippen LogP contribution >= 0.6 is 11.3 Å². The van der Waals surface area contributed by atoms with Gasteiger partial charge in [0.25, 0.3) is 0 Å². The Hall–Kier alpha value is -2.41. The highest BCUT2D eigenvalue weighted by Crippen LogP contribution is 2.27. The molecule has 3 rings (SSSR count). The van der Waals surface area contributed by atoms with Crippen LogP contribution in [0.25, 0.3) is 0 Å². The van der Waals surface area contributed by atoms with E-state index in [1.807, 2.05) is 43.1 Å². The Morgan fingerprint density at radius 1 is 1.33 bits per heavy atom. The number of aliphatic imine (C=N–C) groups is 1. The molecule has 2 aromatic rings. The third-order valence-corrected chi connectivity index (χ3v) is 5.33. The average molecular weight is 386 g/mol. The highest BCUT2D eigenvalue weighted by Gasteiger charge is 2.23. The van der Waals surface area contributed by atoms with Gasteiger partial charge >= 0.3 is 0 Å². The van der Waals surface area contributed by atoms with Gasteiger partial charge in [-0.05, 0) is 38.3 Å². The van der Waals surface area contributed by atoms with Gasteiger partial charge in [0, 0.05) is 42.8 Å². The van der Waals surface area contributed by atoms with E-state index in [0.29, 0.717) is 19.5 Å². The fourth-order valence-electron chi connectivity index (χ4n) is 3.14. The number of thiazole rings is 1. The number of hydrogen-bond donors (Lipinski definition) is 2. The van der Waals surface area contributed by atoms with Gasteiger partial charge in [-0.15, -0.1) is 11.3 Å². The maximum atomic E-state index is 12.5. The van der Waals surface area contributed by atoms with Gasteiger partial charge in [0.2, 0.25) is 5.91 Å². The molecule has 0 atom stereocenters. The Bertz CT molecular complexity index is 801. The first kappa shape index (κ1) is 19.4. The fraction of sp³-hybridized carbons (Fsp3) is 0.450. The third kappa shape index (κ3) is 5.29. The second kappa shape index (κ2) is 9.50. The molecule has 0 saturated carbocycles. The van der Waals surface area contributed by atoms with Crippen LogP contribution < -0.4 is 15.5 Å². The molecule has 27 heavy (non-hydrogen) atoms. The number of carbonyl (C=O) groups excluding carboxylic acids is 1. The van der Waals surface area contributed by atoms with Gasteiger partial charge in [0.15, 0.2) is 5.96 Å². The lowest BCUT2D eigenvalue weighted by atomic mass is 10.2. The number of nitrogens with one attached hydrogen (secondary N) is 2.